The van der Waals surface area contributed by atoms with E-state index in [4.69, 9.17) is 21.1 Å². The van der Waals surface area contributed by atoms with E-state index in [0.717, 1.165) is 11.1 Å². The topological polar surface area (TPSA) is 65.0 Å². The summed E-state index contributed by atoms with van der Waals surface area (Å²) in [6, 6.07) is 31.1. The van der Waals surface area contributed by atoms with E-state index in [0.29, 0.717) is 21.9 Å². The van der Waals surface area contributed by atoms with E-state index >= 15 is 0 Å². The fraction of sp³-hybridized carbons (Fsp3) is 0. The van der Waals surface area contributed by atoms with Crippen molar-refractivity contribution in [2.45, 2.75) is 0 Å². The minimum Gasteiger partial charge on any atom is -0.423 e. The summed E-state index contributed by atoms with van der Waals surface area (Å²) in [6.07, 6.45) is 1.62. The summed E-state index contributed by atoms with van der Waals surface area (Å²) < 4.78 is 10.8. The summed E-state index contributed by atoms with van der Waals surface area (Å²) in [5, 5.41) is 0.321. The maximum atomic E-state index is 12.4. The van der Waals surface area contributed by atoms with Crippen molar-refractivity contribution < 1.29 is 19.1 Å². The van der Waals surface area contributed by atoms with Crippen LogP contribution in [0.25, 0.3) is 17.2 Å². The highest BCUT2D eigenvalue weighted by molar-refractivity contribution is 6.33. The van der Waals surface area contributed by atoms with Crippen molar-refractivity contribution in [2.75, 3.05) is 0 Å². The average molecular weight is 480 g/mol. The number of benzene rings is 4. The molecule has 0 aliphatic carbocycles. The number of cyclic esters (lactones) is 1. The van der Waals surface area contributed by atoms with Crippen LogP contribution in [0.5, 0.6) is 5.75 Å². The second-order valence-corrected chi connectivity index (χ2v) is 8.13. The molecule has 170 valence electrons. The van der Waals surface area contributed by atoms with Gasteiger partial charge in [0.15, 0.2) is 5.70 Å². The van der Waals surface area contributed by atoms with E-state index in [1.54, 1.807) is 54.6 Å². The second kappa shape index (κ2) is 9.79. The molecule has 1 heterocycles. The second-order valence-electron chi connectivity index (χ2n) is 7.72. The van der Waals surface area contributed by atoms with Crippen molar-refractivity contribution in [3.63, 3.8) is 0 Å². The molecule has 35 heavy (non-hydrogen) atoms. The van der Waals surface area contributed by atoms with Crippen molar-refractivity contribution in [3.05, 3.63) is 131 Å². The van der Waals surface area contributed by atoms with Gasteiger partial charge in [0.05, 0.1) is 10.6 Å². The van der Waals surface area contributed by atoms with Gasteiger partial charge in [-0.1, -0.05) is 78.3 Å². The van der Waals surface area contributed by atoms with Gasteiger partial charge in [-0.15, -0.1) is 0 Å². The number of rotatable bonds is 5. The first-order chi connectivity index (χ1) is 17.1. The van der Waals surface area contributed by atoms with E-state index in [1.165, 1.54) is 0 Å². The first kappa shape index (κ1) is 22.3. The number of esters is 2. The van der Waals surface area contributed by atoms with Crippen LogP contribution in [0.2, 0.25) is 5.02 Å². The standard InChI is InChI=1S/C29H18ClNO4/c30-25-9-5-4-8-24(25)28(32)34-23-16-10-19(11-17-23)18-26-29(33)35-27(31-26)22-14-12-21(13-15-22)20-6-2-1-3-7-20/h1-18H/b26-18-. The smallest absolute Gasteiger partial charge is 0.363 e. The first-order valence-corrected chi connectivity index (χ1v) is 11.2. The molecular formula is C29H18ClNO4. The molecule has 0 fully saturated rings. The number of hydrogen-bond acceptors (Lipinski definition) is 5. The summed E-state index contributed by atoms with van der Waals surface area (Å²) in [4.78, 5) is 29.0. The molecule has 0 amide bonds. The molecule has 0 unspecified atom stereocenters. The van der Waals surface area contributed by atoms with Crippen LogP contribution in [0.15, 0.2) is 114 Å². The number of aliphatic imine (C=N–C) groups is 1. The van der Waals surface area contributed by atoms with Crippen LogP contribution in [-0.2, 0) is 9.53 Å². The Balaban J connectivity index is 1.30. The SMILES string of the molecule is O=C1OC(c2ccc(-c3ccccc3)cc2)=N/C1=C\c1ccc(OC(=O)c2ccccc2Cl)cc1. The summed E-state index contributed by atoms with van der Waals surface area (Å²) in [5.41, 5.74) is 4.05. The lowest BCUT2D eigenvalue weighted by molar-refractivity contribution is -0.129. The summed E-state index contributed by atoms with van der Waals surface area (Å²) in [7, 11) is 0. The number of carbonyl (C=O) groups is 2. The molecule has 6 heteroatoms. The predicted molar refractivity (Wildman–Crippen MR) is 135 cm³/mol. The molecule has 4 aromatic carbocycles. The van der Waals surface area contributed by atoms with Gasteiger partial charge in [0.2, 0.25) is 5.90 Å². The van der Waals surface area contributed by atoms with Crippen LogP contribution in [-0.4, -0.2) is 17.8 Å². The molecule has 0 N–H and O–H groups in total. The number of hydrogen-bond donors (Lipinski definition) is 0. The van der Waals surface area contributed by atoms with Gasteiger partial charge in [0.25, 0.3) is 0 Å². The number of carbonyl (C=O) groups excluding carboxylic acids is 2. The molecule has 0 bridgehead atoms. The predicted octanol–water partition coefficient (Wildman–Crippen LogP) is 6.57. The van der Waals surface area contributed by atoms with Gasteiger partial charge in [0.1, 0.15) is 5.75 Å². The van der Waals surface area contributed by atoms with E-state index in [9.17, 15) is 9.59 Å². The van der Waals surface area contributed by atoms with Gasteiger partial charge >= 0.3 is 11.9 Å². The highest BCUT2D eigenvalue weighted by atomic mass is 35.5. The Bertz CT molecular complexity index is 1460. The van der Waals surface area contributed by atoms with Gasteiger partial charge < -0.3 is 9.47 Å². The Morgan fingerprint density at radius 1 is 0.771 bits per heavy atom. The van der Waals surface area contributed by atoms with Crippen LogP contribution in [0.3, 0.4) is 0 Å². The Kier molecular flexibility index (Phi) is 6.24. The maximum absolute atomic E-state index is 12.4. The highest BCUT2D eigenvalue weighted by Gasteiger charge is 2.24. The lowest BCUT2D eigenvalue weighted by atomic mass is 10.0. The van der Waals surface area contributed by atoms with Crippen molar-refractivity contribution >= 4 is 35.5 Å². The third-order valence-electron chi connectivity index (χ3n) is 5.35. The van der Waals surface area contributed by atoms with E-state index in [1.807, 2.05) is 54.6 Å². The molecule has 1 aliphatic heterocycles. The van der Waals surface area contributed by atoms with Gasteiger partial charge in [-0.05, 0) is 59.2 Å². The third kappa shape index (κ3) is 5.05. The lowest BCUT2D eigenvalue weighted by Crippen LogP contribution is -2.08. The number of ether oxygens (including phenoxy) is 2. The molecule has 1 aliphatic rings. The Morgan fingerprint density at radius 2 is 1.40 bits per heavy atom. The molecule has 0 spiro atoms. The number of nitrogens with zero attached hydrogens (tertiary/aromatic N) is 1. The fourth-order valence-corrected chi connectivity index (χ4v) is 3.76. The zero-order valence-electron chi connectivity index (χ0n) is 18.4. The molecule has 0 saturated heterocycles. The summed E-state index contributed by atoms with van der Waals surface area (Å²) in [6.45, 7) is 0. The quantitative estimate of drug-likeness (QED) is 0.184. The molecule has 4 aromatic rings. The molecule has 5 rings (SSSR count). The number of halogens is 1. The van der Waals surface area contributed by atoms with Gasteiger partial charge in [-0.3, -0.25) is 0 Å². The first-order valence-electron chi connectivity index (χ1n) is 10.8. The highest BCUT2D eigenvalue weighted by Crippen LogP contribution is 2.24. The molecule has 0 radical (unpaired) electrons. The van der Waals surface area contributed by atoms with Crippen LogP contribution >= 0.6 is 11.6 Å². The monoisotopic (exact) mass is 479 g/mol. The van der Waals surface area contributed by atoms with Gasteiger partial charge in [0, 0.05) is 5.56 Å². The van der Waals surface area contributed by atoms with Crippen molar-refractivity contribution in [1.82, 2.24) is 0 Å². The van der Waals surface area contributed by atoms with E-state index < -0.39 is 11.9 Å². The zero-order valence-corrected chi connectivity index (χ0v) is 19.1. The summed E-state index contributed by atoms with van der Waals surface area (Å²) in [5.74, 6) is -0.463. The molecule has 5 nitrogen and oxygen atoms in total. The normalized spacial score (nSPS) is 13.9. The van der Waals surface area contributed by atoms with Crippen molar-refractivity contribution in [3.8, 4) is 16.9 Å². The van der Waals surface area contributed by atoms with Crippen LogP contribution in [0, 0.1) is 0 Å². The Labute approximate surface area is 206 Å². The van der Waals surface area contributed by atoms with Crippen molar-refractivity contribution in [2.24, 2.45) is 4.99 Å². The van der Waals surface area contributed by atoms with E-state index in [2.05, 4.69) is 4.99 Å². The van der Waals surface area contributed by atoms with E-state index in [-0.39, 0.29) is 17.2 Å². The minimum atomic E-state index is -0.548. The zero-order chi connectivity index (χ0) is 24.2. The van der Waals surface area contributed by atoms with Crippen LogP contribution < -0.4 is 4.74 Å². The lowest BCUT2D eigenvalue weighted by Gasteiger charge is -2.06. The summed E-state index contributed by atoms with van der Waals surface area (Å²) >= 11 is 6.05. The minimum absolute atomic E-state index is 0.188. The van der Waals surface area contributed by atoms with Crippen LogP contribution in [0.1, 0.15) is 21.5 Å². The fourth-order valence-electron chi connectivity index (χ4n) is 3.55. The third-order valence-corrected chi connectivity index (χ3v) is 5.68. The molecular weight excluding hydrogens is 462 g/mol. The van der Waals surface area contributed by atoms with Crippen LogP contribution in [0.4, 0.5) is 0 Å². The average Bonchev–Trinajstić information content (AvgIpc) is 3.26. The van der Waals surface area contributed by atoms with Gasteiger partial charge in [-0.2, -0.15) is 0 Å². The van der Waals surface area contributed by atoms with Crippen molar-refractivity contribution in [1.29, 1.82) is 0 Å². The Morgan fingerprint density at radius 3 is 2.11 bits per heavy atom. The molecule has 0 atom stereocenters. The largest absolute Gasteiger partial charge is 0.423 e. The Hall–Kier alpha value is -4.48. The molecule has 0 aromatic heterocycles. The van der Waals surface area contributed by atoms with Gasteiger partial charge in [-0.25, -0.2) is 14.6 Å². The maximum Gasteiger partial charge on any atom is 0.363 e. The molecule has 0 saturated carbocycles.